The molecule has 3 unspecified atom stereocenters. The Balaban J connectivity index is 4.64. The fourth-order valence-corrected chi connectivity index (χ4v) is 7.50. The van der Waals surface area contributed by atoms with E-state index in [2.05, 4.69) is 86.8 Å². The molecule has 0 radical (unpaired) electrons. The maximum atomic E-state index is 13.2. The molecule has 0 saturated carbocycles. The van der Waals surface area contributed by atoms with E-state index in [1.807, 2.05) is 36.5 Å². The van der Waals surface area contributed by atoms with Crippen LogP contribution in [0.15, 0.2) is 97.2 Å². The van der Waals surface area contributed by atoms with Crippen molar-refractivity contribution in [3.8, 4) is 0 Å². The quantitative estimate of drug-likeness (QED) is 0.0245. The highest BCUT2D eigenvalue weighted by atomic mass is 16.5. The summed E-state index contributed by atoms with van der Waals surface area (Å²) in [4.78, 5) is 26.1. The Morgan fingerprint density at radius 1 is 0.484 bits per heavy atom. The zero-order valence-electron chi connectivity index (χ0n) is 41.6. The average molecular weight is 890 g/mol. The van der Waals surface area contributed by atoms with E-state index in [0.29, 0.717) is 25.7 Å². The molecule has 64 heavy (non-hydrogen) atoms. The molecule has 0 aromatic rings. The Labute approximate surface area is 395 Å². The Morgan fingerprint density at radius 2 is 0.922 bits per heavy atom. The summed E-state index contributed by atoms with van der Waals surface area (Å²) in [6.07, 6.45) is 67.7. The number of aliphatic hydroxyl groups is 2. The van der Waals surface area contributed by atoms with Crippen LogP contribution < -0.4 is 5.32 Å². The third-order valence-electron chi connectivity index (χ3n) is 11.5. The summed E-state index contributed by atoms with van der Waals surface area (Å²) in [5.74, 6) is -0.615. The average Bonchev–Trinajstić information content (AvgIpc) is 3.29. The lowest BCUT2D eigenvalue weighted by Crippen LogP contribution is -2.46. The molecule has 0 aromatic carbocycles. The van der Waals surface area contributed by atoms with Crippen LogP contribution in [-0.2, 0) is 14.3 Å². The Bertz CT molecular complexity index is 1270. The predicted octanol–water partition coefficient (Wildman–Crippen LogP) is 16.1. The van der Waals surface area contributed by atoms with Gasteiger partial charge in [-0.05, 0) is 77.0 Å². The first-order valence-corrected chi connectivity index (χ1v) is 26.5. The van der Waals surface area contributed by atoms with Gasteiger partial charge in [-0.2, -0.15) is 0 Å². The second-order valence-electron chi connectivity index (χ2n) is 17.6. The van der Waals surface area contributed by atoms with Gasteiger partial charge in [0.25, 0.3) is 0 Å². The van der Waals surface area contributed by atoms with Crippen LogP contribution >= 0.6 is 0 Å². The summed E-state index contributed by atoms with van der Waals surface area (Å²) >= 11 is 0. The summed E-state index contributed by atoms with van der Waals surface area (Å²) in [7, 11) is 0. The van der Waals surface area contributed by atoms with E-state index in [1.54, 1.807) is 0 Å². The lowest BCUT2D eigenvalue weighted by molar-refractivity contribution is -0.151. The van der Waals surface area contributed by atoms with Gasteiger partial charge in [0.05, 0.1) is 25.2 Å². The lowest BCUT2D eigenvalue weighted by Gasteiger charge is -2.24. The van der Waals surface area contributed by atoms with Crippen LogP contribution in [0.3, 0.4) is 0 Å². The monoisotopic (exact) mass is 890 g/mol. The SMILES string of the molecule is CC/C=C/C=C/C=C\C=C/CCCC(CC(=O)NC(CO)C(O)CCCCCCCCCCCCCCCCCCC)OC(=O)CCC/C=C\C/C=C\C/C=C\C/C=C\CCCCC. The van der Waals surface area contributed by atoms with Gasteiger partial charge >= 0.3 is 5.97 Å². The number of ether oxygens (including phenoxy) is 1. The summed E-state index contributed by atoms with van der Waals surface area (Å²) in [6.45, 7) is 6.28. The topological polar surface area (TPSA) is 95.9 Å². The molecule has 3 N–H and O–H groups in total. The number of allylic oxidation sites excluding steroid dienone is 16. The normalized spacial score (nSPS) is 14.0. The summed E-state index contributed by atoms with van der Waals surface area (Å²) < 4.78 is 5.86. The highest BCUT2D eigenvalue weighted by molar-refractivity contribution is 5.77. The zero-order chi connectivity index (χ0) is 46.7. The fraction of sp³-hybridized carbons (Fsp3) is 0.690. The zero-order valence-corrected chi connectivity index (χ0v) is 41.6. The van der Waals surface area contributed by atoms with Gasteiger partial charge in [0.15, 0.2) is 0 Å². The molecule has 0 fully saturated rings. The molecule has 0 rings (SSSR count). The Kier molecular flexibility index (Phi) is 48.2. The number of esters is 1. The number of nitrogens with one attached hydrogen (secondary N) is 1. The molecule has 0 aromatic heterocycles. The van der Waals surface area contributed by atoms with Gasteiger partial charge in [-0.15, -0.1) is 0 Å². The van der Waals surface area contributed by atoms with Crippen molar-refractivity contribution in [1.29, 1.82) is 0 Å². The van der Waals surface area contributed by atoms with Crippen molar-refractivity contribution in [1.82, 2.24) is 5.32 Å². The molecule has 1 amide bonds. The molecule has 0 aliphatic carbocycles. The van der Waals surface area contributed by atoms with E-state index in [1.165, 1.54) is 116 Å². The molecule has 0 aliphatic rings. The lowest BCUT2D eigenvalue weighted by atomic mass is 10.0. The van der Waals surface area contributed by atoms with E-state index in [4.69, 9.17) is 4.74 Å². The largest absolute Gasteiger partial charge is 0.462 e. The van der Waals surface area contributed by atoms with E-state index in [0.717, 1.165) is 64.2 Å². The number of rotatable bonds is 46. The van der Waals surface area contributed by atoms with Crippen molar-refractivity contribution >= 4 is 11.9 Å². The Morgan fingerprint density at radius 3 is 1.44 bits per heavy atom. The smallest absolute Gasteiger partial charge is 0.306 e. The molecule has 6 nitrogen and oxygen atoms in total. The van der Waals surface area contributed by atoms with Crippen LogP contribution in [0.1, 0.15) is 233 Å². The van der Waals surface area contributed by atoms with Gasteiger partial charge in [-0.3, -0.25) is 9.59 Å². The molecular weight excluding hydrogens is 791 g/mol. The number of hydrogen-bond acceptors (Lipinski definition) is 5. The molecule has 6 heteroatoms. The van der Waals surface area contributed by atoms with Crippen molar-refractivity contribution in [3.05, 3.63) is 97.2 Å². The number of aliphatic hydroxyl groups excluding tert-OH is 2. The highest BCUT2D eigenvalue weighted by Gasteiger charge is 2.24. The van der Waals surface area contributed by atoms with Crippen molar-refractivity contribution < 1.29 is 24.5 Å². The molecule has 0 aliphatic heterocycles. The molecule has 3 atom stereocenters. The first-order valence-electron chi connectivity index (χ1n) is 26.5. The molecule has 0 bridgehead atoms. The summed E-state index contributed by atoms with van der Waals surface area (Å²) in [5, 5.41) is 23.8. The highest BCUT2D eigenvalue weighted by Crippen LogP contribution is 2.17. The van der Waals surface area contributed by atoms with Crippen molar-refractivity contribution in [2.75, 3.05) is 6.61 Å². The minimum Gasteiger partial charge on any atom is -0.462 e. The number of carbonyl (C=O) groups excluding carboxylic acids is 2. The molecule has 0 spiro atoms. The number of amides is 1. The van der Waals surface area contributed by atoms with Crippen molar-refractivity contribution in [2.45, 2.75) is 251 Å². The van der Waals surface area contributed by atoms with Gasteiger partial charge in [-0.1, -0.05) is 240 Å². The second-order valence-corrected chi connectivity index (χ2v) is 17.6. The van der Waals surface area contributed by atoms with E-state index in [-0.39, 0.29) is 24.9 Å². The van der Waals surface area contributed by atoms with Crippen LogP contribution in [0, 0.1) is 0 Å². The fourth-order valence-electron chi connectivity index (χ4n) is 7.50. The third-order valence-corrected chi connectivity index (χ3v) is 11.5. The predicted molar refractivity (Wildman–Crippen MR) is 277 cm³/mol. The van der Waals surface area contributed by atoms with Crippen LogP contribution in [0.4, 0.5) is 0 Å². The van der Waals surface area contributed by atoms with Gasteiger partial charge in [0, 0.05) is 6.42 Å². The first-order chi connectivity index (χ1) is 31.5. The van der Waals surface area contributed by atoms with E-state index >= 15 is 0 Å². The minimum atomic E-state index is -0.820. The number of unbranched alkanes of at least 4 members (excludes halogenated alkanes) is 21. The molecule has 0 heterocycles. The molecule has 366 valence electrons. The van der Waals surface area contributed by atoms with E-state index in [9.17, 15) is 19.8 Å². The third kappa shape index (κ3) is 45.4. The van der Waals surface area contributed by atoms with Crippen LogP contribution in [0.25, 0.3) is 0 Å². The molecular formula is C58H99NO5. The number of carbonyl (C=O) groups is 2. The van der Waals surface area contributed by atoms with Crippen LogP contribution in [0.2, 0.25) is 0 Å². The van der Waals surface area contributed by atoms with Gasteiger partial charge in [0.1, 0.15) is 6.10 Å². The maximum absolute atomic E-state index is 13.2. The number of hydrogen-bond donors (Lipinski definition) is 3. The van der Waals surface area contributed by atoms with E-state index < -0.39 is 18.2 Å². The molecule has 0 saturated heterocycles. The van der Waals surface area contributed by atoms with Crippen LogP contribution in [0.5, 0.6) is 0 Å². The minimum absolute atomic E-state index is 0.00491. The van der Waals surface area contributed by atoms with Gasteiger partial charge in [0.2, 0.25) is 5.91 Å². The van der Waals surface area contributed by atoms with Crippen molar-refractivity contribution in [2.24, 2.45) is 0 Å². The van der Waals surface area contributed by atoms with Gasteiger partial charge < -0.3 is 20.3 Å². The standard InChI is InChI=1S/C58H99NO5/c1-4-7-10-13-16-19-22-24-26-28-30-32-35-38-41-44-47-50-56(61)55(53-60)59-57(62)52-54(49-46-43-40-37-34-21-18-15-12-9-6-3)64-58(63)51-48-45-42-39-36-33-31-29-27-25-23-20-17-14-11-8-5-2/h9,12,15,17-18,20-21,25,27,31,33-34,37,39-40,42,54-56,60-61H,4-8,10-11,13-14,16,19,22-24,26,28-30,32,35-36,38,41,43-53H2,1-3H3,(H,59,62)/b12-9+,18-15+,20-17-,27-25-,33-31-,34-21-,40-37-,42-39-. The summed E-state index contributed by atoms with van der Waals surface area (Å²) in [6, 6.07) is -0.739. The second kappa shape index (κ2) is 50.8. The Hall–Kier alpha value is -3.22. The summed E-state index contributed by atoms with van der Waals surface area (Å²) in [5.41, 5.74) is 0. The van der Waals surface area contributed by atoms with Crippen molar-refractivity contribution in [3.63, 3.8) is 0 Å². The van der Waals surface area contributed by atoms with Gasteiger partial charge in [-0.25, -0.2) is 0 Å². The van der Waals surface area contributed by atoms with Crippen LogP contribution in [-0.4, -0.2) is 46.9 Å². The maximum Gasteiger partial charge on any atom is 0.306 e. The first kappa shape index (κ1) is 60.8.